The van der Waals surface area contributed by atoms with Crippen LogP contribution in [0, 0.1) is 25.5 Å². The van der Waals surface area contributed by atoms with Crippen molar-refractivity contribution in [1.82, 2.24) is 0 Å². The molecule has 0 aliphatic heterocycles. The Hall–Kier alpha value is -4.23. The van der Waals surface area contributed by atoms with Gasteiger partial charge in [0.05, 0.1) is 12.2 Å². The van der Waals surface area contributed by atoms with Gasteiger partial charge in [0.15, 0.2) is 0 Å². The molecule has 0 aliphatic rings. The van der Waals surface area contributed by atoms with Gasteiger partial charge < -0.3 is 19.7 Å². The summed E-state index contributed by atoms with van der Waals surface area (Å²) in [5, 5.41) is 17.6. The van der Waals surface area contributed by atoms with Crippen LogP contribution >= 0.6 is 0 Å². The minimum Gasteiger partial charge on any atom is -0.489 e. The molecule has 0 aromatic heterocycles. The first-order chi connectivity index (χ1) is 17.7. The molecule has 4 rings (SSSR count). The molecule has 0 amide bonds. The van der Waals surface area contributed by atoms with Gasteiger partial charge in [-0.1, -0.05) is 65.7 Å². The summed E-state index contributed by atoms with van der Waals surface area (Å²) in [5.41, 5.74) is 4.26. The van der Waals surface area contributed by atoms with Crippen molar-refractivity contribution < 1.29 is 33.3 Å². The van der Waals surface area contributed by atoms with Crippen LogP contribution in [-0.2, 0) is 19.8 Å². The minimum atomic E-state index is -1.29. The molecule has 4 aromatic rings. The van der Waals surface area contributed by atoms with Crippen molar-refractivity contribution in [2.24, 2.45) is 0 Å². The number of hydrogen-bond acceptors (Lipinski definition) is 4. The third-order valence-electron chi connectivity index (χ3n) is 5.42. The first-order valence-electron chi connectivity index (χ1n) is 11.5. The summed E-state index contributed by atoms with van der Waals surface area (Å²) < 4.78 is 37.7. The summed E-state index contributed by atoms with van der Waals surface area (Å²) in [6.45, 7) is 4.42. The highest BCUT2D eigenvalue weighted by Gasteiger charge is 2.11. The minimum absolute atomic E-state index is 0.276. The highest BCUT2D eigenvalue weighted by Crippen LogP contribution is 2.19. The molecule has 0 bridgehead atoms. The lowest BCUT2D eigenvalue weighted by Crippen LogP contribution is -2.01. The molecule has 2 N–H and O–H groups in total. The molecule has 37 heavy (non-hydrogen) atoms. The average molecular weight is 507 g/mol. The molecule has 5 nitrogen and oxygen atoms in total. The predicted octanol–water partition coefficient (Wildman–Crippen LogP) is 6.62. The molecule has 0 fully saturated rings. The molecule has 4 aromatic carbocycles. The quantitative estimate of drug-likeness (QED) is 0.281. The molecule has 0 saturated heterocycles. The van der Waals surface area contributed by atoms with Crippen LogP contribution in [0.15, 0.2) is 84.9 Å². The van der Waals surface area contributed by atoms with Crippen molar-refractivity contribution >= 4 is 5.97 Å². The van der Waals surface area contributed by atoms with Crippen molar-refractivity contribution in [3.05, 3.63) is 130 Å². The number of carboxylic acid groups (broad SMARTS) is 1. The highest BCUT2D eigenvalue weighted by atomic mass is 19.1. The fraction of sp³-hybridized carbons (Fsp3) is 0.167. The smallest absolute Gasteiger partial charge is 0.338 e. The van der Waals surface area contributed by atoms with Crippen LogP contribution in [-0.4, -0.2) is 16.2 Å². The van der Waals surface area contributed by atoms with Gasteiger partial charge in [-0.3, -0.25) is 0 Å². The lowest BCUT2D eigenvalue weighted by Gasteiger charge is -2.08. The van der Waals surface area contributed by atoms with E-state index in [2.05, 4.69) is 0 Å². The second-order valence-electron chi connectivity index (χ2n) is 8.41. The summed E-state index contributed by atoms with van der Waals surface area (Å²) in [7, 11) is 0. The van der Waals surface area contributed by atoms with E-state index in [0.717, 1.165) is 22.8 Å². The Morgan fingerprint density at radius 3 is 1.57 bits per heavy atom. The summed E-state index contributed by atoms with van der Waals surface area (Å²) in [5.74, 6) is -1.76. The van der Waals surface area contributed by atoms with E-state index in [-0.39, 0.29) is 17.7 Å². The van der Waals surface area contributed by atoms with Crippen molar-refractivity contribution in [3.8, 4) is 11.5 Å². The summed E-state index contributed by atoms with van der Waals surface area (Å²) in [4.78, 5) is 10.7. The molecule has 192 valence electrons. The number of ether oxygens (including phenoxy) is 2. The molecular formula is C30H28F2O5. The van der Waals surface area contributed by atoms with Crippen molar-refractivity contribution in [1.29, 1.82) is 0 Å². The van der Waals surface area contributed by atoms with E-state index in [0.29, 0.717) is 24.7 Å². The van der Waals surface area contributed by atoms with E-state index in [4.69, 9.17) is 19.7 Å². The number of hydrogen-bond donors (Lipinski definition) is 2. The number of aliphatic hydroxyl groups excluding tert-OH is 1. The Morgan fingerprint density at radius 1 is 0.703 bits per heavy atom. The Morgan fingerprint density at radius 2 is 1.16 bits per heavy atom. The molecule has 0 spiro atoms. The molecule has 0 heterocycles. The molecule has 0 atom stereocenters. The maximum atomic E-state index is 13.4. The SMILES string of the molecule is Cc1ccc(COc2ccc(C(=O)O)c(F)c2)cc1.Cc1ccc(COc2ccc(CO)c(F)c2)cc1. The molecular weight excluding hydrogens is 478 g/mol. The van der Waals surface area contributed by atoms with Crippen LogP contribution in [0.5, 0.6) is 11.5 Å². The Balaban J connectivity index is 0.000000206. The maximum absolute atomic E-state index is 13.4. The number of carbonyl (C=O) groups is 1. The fourth-order valence-corrected chi connectivity index (χ4v) is 3.21. The molecule has 7 heteroatoms. The first-order valence-corrected chi connectivity index (χ1v) is 11.5. The van der Waals surface area contributed by atoms with E-state index in [9.17, 15) is 13.6 Å². The van der Waals surface area contributed by atoms with Gasteiger partial charge in [0.2, 0.25) is 0 Å². The molecule has 0 unspecified atom stereocenters. The van der Waals surface area contributed by atoms with E-state index in [1.165, 1.54) is 29.8 Å². The molecule has 0 saturated carbocycles. The second-order valence-corrected chi connectivity index (χ2v) is 8.41. The van der Waals surface area contributed by atoms with Crippen molar-refractivity contribution in [2.45, 2.75) is 33.7 Å². The van der Waals surface area contributed by atoms with Crippen LogP contribution in [0.25, 0.3) is 0 Å². The summed E-state index contributed by atoms with van der Waals surface area (Å²) in [6, 6.07) is 24.0. The van der Waals surface area contributed by atoms with E-state index in [1.54, 1.807) is 6.07 Å². The van der Waals surface area contributed by atoms with Crippen LogP contribution in [0.2, 0.25) is 0 Å². The number of halogens is 2. The third-order valence-corrected chi connectivity index (χ3v) is 5.42. The monoisotopic (exact) mass is 506 g/mol. The maximum Gasteiger partial charge on any atom is 0.338 e. The zero-order valence-electron chi connectivity index (χ0n) is 20.6. The number of aliphatic hydroxyl groups is 1. The second kappa shape index (κ2) is 13.2. The van der Waals surface area contributed by atoms with Crippen LogP contribution in [0.3, 0.4) is 0 Å². The lowest BCUT2D eigenvalue weighted by molar-refractivity contribution is 0.0691. The summed E-state index contributed by atoms with van der Waals surface area (Å²) in [6.07, 6.45) is 0. The number of aromatic carboxylic acids is 1. The largest absolute Gasteiger partial charge is 0.489 e. The van der Waals surface area contributed by atoms with Gasteiger partial charge in [0, 0.05) is 17.7 Å². The molecule has 0 aliphatic carbocycles. The average Bonchev–Trinajstić information content (AvgIpc) is 2.88. The number of carboxylic acids is 1. The van der Waals surface area contributed by atoms with E-state index < -0.39 is 17.6 Å². The highest BCUT2D eigenvalue weighted by molar-refractivity contribution is 5.88. The molecule has 0 radical (unpaired) electrons. The predicted molar refractivity (Wildman–Crippen MR) is 137 cm³/mol. The van der Waals surface area contributed by atoms with Gasteiger partial charge in [-0.15, -0.1) is 0 Å². The zero-order chi connectivity index (χ0) is 26.8. The Kier molecular flexibility index (Phi) is 9.75. The number of benzene rings is 4. The van der Waals surface area contributed by atoms with E-state index in [1.807, 2.05) is 62.4 Å². The number of rotatable bonds is 8. The standard InChI is InChI=1S/C15H13FO3.C15H15FO2/c1-10-2-4-11(5-3-10)9-19-12-6-7-13(15(17)18)14(16)8-12;1-11-2-4-12(5-3-11)10-18-14-7-6-13(9-17)15(16)8-14/h2-8H,9H2,1H3,(H,17,18);2-8,17H,9-10H2,1H3. The van der Waals surface area contributed by atoms with Gasteiger partial charge in [-0.25, -0.2) is 13.6 Å². The van der Waals surface area contributed by atoms with Gasteiger partial charge in [0.25, 0.3) is 0 Å². The zero-order valence-corrected chi connectivity index (χ0v) is 20.6. The number of aryl methyl sites for hydroxylation is 2. The van der Waals surface area contributed by atoms with Crippen molar-refractivity contribution in [2.75, 3.05) is 0 Å². The fourth-order valence-electron chi connectivity index (χ4n) is 3.21. The van der Waals surface area contributed by atoms with Gasteiger partial charge in [0.1, 0.15) is 36.3 Å². The van der Waals surface area contributed by atoms with E-state index >= 15 is 0 Å². The van der Waals surface area contributed by atoms with Gasteiger partial charge in [-0.05, 0) is 43.2 Å². The first kappa shape index (κ1) is 27.4. The Bertz CT molecular complexity index is 1320. The Labute approximate surface area is 214 Å². The van der Waals surface area contributed by atoms with Crippen LogP contribution in [0.4, 0.5) is 8.78 Å². The lowest BCUT2D eigenvalue weighted by atomic mass is 10.2. The third kappa shape index (κ3) is 8.44. The summed E-state index contributed by atoms with van der Waals surface area (Å²) >= 11 is 0. The normalized spacial score (nSPS) is 10.3. The topological polar surface area (TPSA) is 76.0 Å². The van der Waals surface area contributed by atoms with Gasteiger partial charge in [-0.2, -0.15) is 0 Å². The van der Waals surface area contributed by atoms with Crippen LogP contribution in [0.1, 0.15) is 38.2 Å². The van der Waals surface area contributed by atoms with Crippen LogP contribution < -0.4 is 9.47 Å². The van der Waals surface area contributed by atoms with Crippen molar-refractivity contribution in [3.63, 3.8) is 0 Å². The van der Waals surface area contributed by atoms with Gasteiger partial charge >= 0.3 is 5.97 Å².